The van der Waals surface area contributed by atoms with Gasteiger partial charge < -0.3 is 14.2 Å². The molecule has 162 valence electrons. The second kappa shape index (κ2) is 8.65. The molecule has 1 heterocycles. The Kier molecular flexibility index (Phi) is 6.38. The maximum atomic E-state index is 13.6. The minimum atomic E-state index is -3.84. The maximum absolute atomic E-state index is 13.6. The highest BCUT2D eigenvalue weighted by atomic mass is 32.2. The SMILES string of the molecule is COC(=O)CC1c2cc(OC)c(OC)cc2CCN1S(=O)(=O)c1ccc(C)cc1C. The largest absolute Gasteiger partial charge is 0.493 e. The Morgan fingerprint density at radius 1 is 1.07 bits per heavy atom. The number of hydrogen-bond donors (Lipinski definition) is 0. The molecule has 3 rings (SSSR count). The van der Waals surface area contributed by atoms with Crippen LogP contribution in [0.4, 0.5) is 0 Å². The summed E-state index contributed by atoms with van der Waals surface area (Å²) in [5.74, 6) is 0.569. The van der Waals surface area contributed by atoms with E-state index in [1.54, 1.807) is 32.2 Å². The van der Waals surface area contributed by atoms with Crippen LogP contribution in [0.5, 0.6) is 11.5 Å². The molecular weight excluding hydrogens is 406 g/mol. The fourth-order valence-corrected chi connectivity index (χ4v) is 5.77. The topological polar surface area (TPSA) is 82.1 Å². The molecule has 0 fully saturated rings. The average molecular weight is 434 g/mol. The Balaban J connectivity index is 2.14. The number of esters is 1. The summed E-state index contributed by atoms with van der Waals surface area (Å²) in [6.45, 7) is 3.95. The molecule has 0 aliphatic carbocycles. The average Bonchev–Trinajstić information content (AvgIpc) is 2.72. The molecule has 0 aromatic heterocycles. The van der Waals surface area contributed by atoms with E-state index in [-0.39, 0.29) is 17.9 Å². The fraction of sp³-hybridized carbons (Fsp3) is 0.409. The molecule has 1 aliphatic heterocycles. The van der Waals surface area contributed by atoms with Crippen LogP contribution in [0.1, 0.15) is 34.7 Å². The van der Waals surface area contributed by atoms with Crippen LogP contribution in [0.3, 0.4) is 0 Å². The number of aryl methyl sites for hydroxylation is 2. The monoisotopic (exact) mass is 433 g/mol. The van der Waals surface area contributed by atoms with Crippen LogP contribution >= 0.6 is 0 Å². The first-order valence-corrected chi connectivity index (χ1v) is 11.1. The van der Waals surface area contributed by atoms with Crippen molar-refractivity contribution in [3.8, 4) is 11.5 Å². The number of benzene rings is 2. The molecule has 1 aliphatic rings. The first-order chi connectivity index (χ1) is 14.2. The van der Waals surface area contributed by atoms with Crippen molar-refractivity contribution in [1.82, 2.24) is 4.31 Å². The van der Waals surface area contributed by atoms with E-state index in [9.17, 15) is 13.2 Å². The molecule has 0 bridgehead atoms. The van der Waals surface area contributed by atoms with Crippen molar-refractivity contribution >= 4 is 16.0 Å². The van der Waals surface area contributed by atoms with Crippen LogP contribution in [0, 0.1) is 13.8 Å². The van der Waals surface area contributed by atoms with Crippen LogP contribution in [0.2, 0.25) is 0 Å². The number of rotatable bonds is 6. The highest BCUT2D eigenvalue weighted by Gasteiger charge is 2.39. The molecule has 8 heteroatoms. The lowest BCUT2D eigenvalue weighted by Crippen LogP contribution is -2.41. The van der Waals surface area contributed by atoms with Gasteiger partial charge >= 0.3 is 5.97 Å². The number of sulfonamides is 1. The summed E-state index contributed by atoms with van der Waals surface area (Å²) in [6.07, 6.45) is 0.403. The third-order valence-corrected chi connectivity index (χ3v) is 7.53. The van der Waals surface area contributed by atoms with Crippen molar-refractivity contribution in [3.63, 3.8) is 0 Å². The van der Waals surface area contributed by atoms with Crippen molar-refractivity contribution < 1.29 is 27.4 Å². The Hall–Kier alpha value is -2.58. The zero-order valence-corrected chi connectivity index (χ0v) is 18.7. The second-order valence-electron chi connectivity index (χ2n) is 7.34. The van der Waals surface area contributed by atoms with Gasteiger partial charge in [-0.15, -0.1) is 0 Å². The molecule has 7 nitrogen and oxygen atoms in total. The van der Waals surface area contributed by atoms with Gasteiger partial charge in [-0.1, -0.05) is 17.7 Å². The normalized spacial score (nSPS) is 16.6. The number of ether oxygens (including phenoxy) is 3. The maximum Gasteiger partial charge on any atom is 0.307 e. The Labute approximate surface area is 177 Å². The van der Waals surface area contributed by atoms with Crippen LogP contribution in [-0.4, -0.2) is 46.6 Å². The Bertz CT molecular complexity index is 1060. The van der Waals surface area contributed by atoms with E-state index < -0.39 is 22.0 Å². The van der Waals surface area contributed by atoms with E-state index in [0.717, 1.165) is 16.7 Å². The van der Waals surface area contributed by atoms with E-state index >= 15 is 0 Å². The van der Waals surface area contributed by atoms with E-state index in [0.29, 0.717) is 23.5 Å². The van der Waals surface area contributed by atoms with E-state index in [4.69, 9.17) is 14.2 Å². The third-order valence-electron chi connectivity index (χ3n) is 5.46. The van der Waals surface area contributed by atoms with E-state index in [1.165, 1.54) is 18.5 Å². The molecule has 1 unspecified atom stereocenters. The summed E-state index contributed by atoms with van der Waals surface area (Å²) in [6, 6.07) is 8.14. The standard InChI is InChI=1S/C22H27NO6S/c1-14-6-7-21(15(2)10-14)30(25,26)23-9-8-16-11-19(27-3)20(28-4)12-17(16)18(23)13-22(24)29-5/h6-7,10-12,18H,8-9,13H2,1-5H3. The van der Waals surface area contributed by atoms with Crippen molar-refractivity contribution in [2.24, 2.45) is 0 Å². The quantitative estimate of drug-likeness (QED) is 0.651. The molecule has 2 aromatic rings. The summed E-state index contributed by atoms with van der Waals surface area (Å²) in [7, 11) is 0.530. The number of fused-ring (bicyclic) bond motifs is 1. The molecule has 0 radical (unpaired) electrons. The third kappa shape index (κ3) is 4.02. The van der Waals surface area contributed by atoms with E-state index in [1.807, 2.05) is 19.1 Å². The van der Waals surface area contributed by atoms with Crippen molar-refractivity contribution in [3.05, 3.63) is 52.6 Å². The summed E-state index contributed by atoms with van der Waals surface area (Å²) < 4.78 is 44.3. The number of methoxy groups -OCH3 is 3. The highest BCUT2D eigenvalue weighted by molar-refractivity contribution is 7.89. The summed E-state index contributed by atoms with van der Waals surface area (Å²) in [5.41, 5.74) is 3.30. The first kappa shape index (κ1) is 22.1. The summed E-state index contributed by atoms with van der Waals surface area (Å²) in [4.78, 5) is 12.4. The molecule has 0 spiro atoms. The van der Waals surface area contributed by atoms with Gasteiger partial charge in [-0.05, 0) is 55.2 Å². The Morgan fingerprint density at radius 3 is 2.33 bits per heavy atom. The lowest BCUT2D eigenvalue weighted by molar-refractivity contribution is -0.141. The van der Waals surface area contributed by atoms with Gasteiger partial charge in [0, 0.05) is 6.54 Å². The number of carbonyl (C=O) groups is 1. The lowest BCUT2D eigenvalue weighted by Gasteiger charge is -2.36. The molecule has 0 saturated heterocycles. The van der Waals surface area contributed by atoms with Gasteiger partial charge in [-0.2, -0.15) is 4.31 Å². The highest BCUT2D eigenvalue weighted by Crippen LogP contribution is 2.42. The zero-order chi connectivity index (χ0) is 22.1. The number of carbonyl (C=O) groups excluding carboxylic acids is 1. The van der Waals surface area contributed by atoms with Crippen LogP contribution < -0.4 is 9.47 Å². The number of nitrogens with zero attached hydrogens (tertiary/aromatic N) is 1. The Morgan fingerprint density at radius 2 is 1.73 bits per heavy atom. The molecule has 30 heavy (non-hydrogen) atoms. The van der Waals surface area contributed by atoms with Crippen molar-refractivity contribution in [2.45, 2.75) is 37.6 Å². The molecule has 0 N–H and O–H groups in total. The second-order valence-corrected chi connectivity index (χ2v) is 9.20. The first-order valence-electron chi connectivity index (χ1n) is 9.63. The number of hydrogen-bond acceptors (Lipinski definition) is 6. The van der Waals surface area contributed by atoms with E-state index in [2.05, 4.69) is 0 Å². The van der Waals surface area contributed by atoms with Gasteiger partial charge in [0.1, 0.15) is 0 Å². The summed E-state index contributed by atoms with van der Waals surface area (Å²) in [5, 5.41) is 0. The van der Waals surface area contributed by atoms with Crippen LogP contribution in [0.15, 0.2) is 35.2 Å². The van der Waals surface area contributed by atoms with Gasteiger partial charge in [0.05, 0.1) is 38.7 Å². The predicted octanol–water partition coefficient (Wildman–Crippen LogP) is 3.17. The van der Waals surface area contributed by atoms with Gasteiger partial charge in [-0.25, -0.2) is 8.42 Å². The molecule has 2 aromatic carbocycles. The molecule has 0 saturated carbocycles. The van der Waals surface area contributed by atoms with Crippen molar-refractivity contribution in [1.29, 1.82) is 0 Å². The lowest BCUT2D eigenvalue weighted by atomic mass is 9.91. The minimum absolute atomic E-state index is 0.0941. The van der Waals surface area contributed by atoms with Gasteiger partial charge in [0.15, 0.2) is 11.5 Å². The molecule has 1 atom stereocenters. The smallest absolute Gasteiger partial charge is 0.307 e. The van der Waals surface area contributed by atoms with Gasteiger partial charge in [-0.3, -0.25) is 4.79 Å². The van der Waals surface area contributed by atoms with Gasteiger partial charge in [0.25, 0.3) is 0 Å². The fourth-order valence-electron chi connectivity index (χ4n) is 3.96. The van der Waals surface area contributed by atoms with Crippen LogP contribution in [0.25, 0.3) is 0 Å². The van der Waals surface area contributed by atoms with Crippen molar-refractivity contribution in [2.75, 3.05) is 27.9 Å². The minimum Gasteiger partial charge on any atom is -0.493 e. The van der Waals surface area contributed by atoms with Gasteiger partial charge in [0.2, 0.25) is 10.0 Å². The molecular formula is C22H27NO6S. The van der Waals surface area contributed by atoms with Crippen LogP contribution in [-0.2, 0) is 26.0 Å². The predicted molar refractivity (Wildman–Crippen MR) is 112 cm³/mol. The zero-order valence-electron chi connectivity index (χ0n) is 17.9. The molecule has 0 amide bonds. The summed E-state index contributed by atoms with van der Waals surface area (Å²) >= 11 is 0.